The van der Waals surface area contributed by atoms with E-state index in [1.54, 1.807) is 23.7 Å². The van der Waals surface area contributed by atoms with Crippen molar-refractivity contribution in [3.05, 3.63) is 53.9 Å². The molecule has 162 valence electrons. The second-order valence-electron chi connectivity index (χ2n) is 7.45. The molecule has 1 aliphatic rings. The molecular weight excluding hydrogens is 408 g/mol. The van der Waals surface area contributed by atoms with Gasteiger partial charge < -0.3 is 14.8 Å². The molecule has 1 aromatic heterocycles. The fraction of sp³-hybridized carbons (Fsp3) is 0.333. The van der Waals surface area contributed by atoms with Gasteiger partial charge in [-0.3, -0.25) is 0 Å². The fourth-order valence-corrected chi connectivity index (χ4v) is 3.25. The zero-order chi connectivity index (χ0) is 22.0. The van der Waals surface area contributed by atoms with Gasteiger partial charge >= 0.3 is 6.09 Å². The molecule has 0 bridgehead atoms. The molecule has 1 fully saturated rings. The van der Waals surface area contributed by atoms with Crippen LogP contribution in [0, 0.1) is 11.6 Å². The highest BCUT2D eigenvalue weighted by Crippen LogP contribution is 2.40. The van der Waals surface area contributed by atoms with Crippen molar-refractivity contribution in [3.8, 4) is 22.6 Å². The molecule has 1 aliphatic carbocycles. The zero-order valence-electron chi connectivity index (χ0n) is 17.0. The number of hydrogen-bond acceptors (Lipinski definition) is 6. The highest BCUT2D eigenvalue weighted by atomic mass is 19.1. The van der Waals surface area contributed by atoms with Gasteiger partial charge in [0.15, 0.2) is 5.82 Å². The van der Waals surface area contributed by atoms with Gasteiger partial charge in [-0.2, -0.15) is 4.68 Å². The minimum absolute atomic E-state index is 0.155. The molecule has 1 amide bonds. The first kappa shape index (κ1) is 20.9. The van der Waals surface area contributed by atoms with Crippen molar-refractivity contribution >= 4 is 6.09 Å². The Morgan fingerprint density at radius 3 is 2.77 bits per heavy atom. The summed E-state index contributed by atoms with van der Waals surface area (Å²) in [5.41, 5.74) is 1.04. The Balaban J connectivity index is 1.72. The highest BCUT2D eigenvalue weighted by Gasteiger charge is 2.30. The Morgan fingerprint density at radius 1 is 1.26 bits per heavy atom. The predicted octanol–water partition coefficient (Wildman–Crippen LogP) is 3.61. The van der Waals surface area contributed by atoms with E-state index in [4.69, 9.17) is 9.47 Å². The van der Waals surface area contributed by atoms with Gasteiger partial charge in [0.2, 0.25) is 0 Å². The fourth-order valence-electron chi connectivity index (χ4n) is 3.25. The quantitative estimate of drug-likeness (QED) is 0.617. The van der Waals surface area contributed by atoms with Crippen LogP contribution >= 0.6 is 0 Å². The second-order valence-corrected chi connectivity index (χ2v) is 7.45. The van der Waals surface area contributed by atoms with Crippen LogP contribution in [0.5, 0.6) is 5.75 Å². The minimum Gasteiger partial charge on any atom is -0.410 e. The van der Waals surface area contributed by atoms with Crippen molar-refractivity contribution in [1.29, 1.82) is 0 Å². The minimum atomic E-state index is -0.736. The second kappa shape index (κ2) is 8.76. The number of carbonyl (C=O) groups is 1. The summed E-state index contributed by atoms with van der Waals surface area (Å²) in [6.45, 7) is 2.08. The molecule has 0 radical (unpaired) electrons. The van der Waals surface area contributed by atoms with Crippen molar-refractivity contribution in [2.45, 2.75) is 31.7 Å². The third-order valence-corrected chi connectivity index (χ3v) is 4.81. The molecule has 4 rings (SSSR count). The van der Waals surface area contributed by atoms with Gasteiger partial charge in [-0.25, -0.2) is 13.6 Å². The normalized spacial score (nSPS) is 14.3. The number of nitrogens with zero attached hydrogens (tertiary/aromatic N) is 4. The van der Waals surface area contributed by atoms with E-state index in [1.807, 2.05) is 0 Å². The van der Waals surface area contributed by atoms with Crippen molar-refractivity contribution in [1.82, 2.24) is 25.5 Å². The van der Waals surface area contributed by atoms with Crippen LogP contribution in [-0.4, -0.2) is 46.1 Å². The third kappa shape index (κ3) is 4.85. The molecule has 8 nitrogen and oxygen atoms in total. The monoisotopic (exact) mass is 429 g/mol. The molecule has 3 aromatic rings. The summed E-state index contributed by atoms with van der Waals surface area (Å²) in [4.78, 5) is 12.3. The zero-order valence-corrected chi connectivity index (χ0v) is 17.0. The molecule has 10 heteroatoms. The van der Waals surface area contributed by atoms with Crippen molar-refractivity contribution in [3.63, 3.8) is 0 Å². The van der Waals surface area contributed by atoms with Gasteiger partial charge in [0, 0.05) is 30.7 Å². The van der Waals surface area contributed by atoms with E-state index >= 15 is 0 Å². The van der Waals surface area contributed by atoms with Crippen molar-refractivity contribution in [2.75, 3.05) is 13.7 Å². The van der Waals surface area contributed by atoms with Gasteiger partial charge in [-0.1, -0.05) is 0 Å². The van der Waals surface area contributed by atoms with Crippen LogP contribution in [0.2, 0.25) is 0 Å². The smallest absolute Gasteiger partial charge is 0.410 e. The molecule has 31 heavy (non-hydrogen) atoms. The van der Waals surface area contributed by atoms with Crippen molar-refractivity contribution < 1.29 is 23.0 Å². The van der Waals surface area contributed by atoms with Crippen LogP contribution in [-0.2, 0) is 4.74 Å². The number of amides is 1. The topological polar surface area (TPSA) is 91.2 Å². The molecule has 1 unspecified atom stereocenters. The van der Waals surface area contributed by atoms with Crippen LogP contribution in [0.4, 0.5) is 13.6 Å². The number of methoxy groups -OCH3 is 1. The average Bonchev–Trinajstić information content (AvgIpc) is 3.44. The van der Waals surface area contributed by atoms with Gasteiger partial charge in [-0.15, -0.1) is 5.10 Å². The lowest BCUT2D eigenvalue weighted by Crippen LogP contribution is -2.37. The summed E-state index contributed by atoms with van der Waals surface area (Å²) in [5.74, 6) is -0.322. The van der Waals surface area contributed by atoms with Gasteiger partial charge in [0.1, 0.15) is 17.4 Å². The third-order valence-electron chi connectivity index (χ3n) is 4.81. The SMILES string of the molecule is COCC(C)NC(=O)Oc1cc(-c2ccc(F)cc2F)cc(-n2nnnc2C2CC2)c1. The van der Waals surface area contributed by atoms with Crippen LogP contribution in [0.3, 0.4) is 0 Å². The molecule has 2 aromatic carbocycles. The average molecular weight is 429 g/mol. The molecule has 0 saturated heterocycles. The summed E-state index contributed by atoms with van der Waals surface area (Å²) in [5, 5.41) is 14.5. The predicted molar refractivity (Wildman–Crippen MR) is 107 cm³/mol. The van der Waals surface area contributed by atoms with Crippen LogP contribution in [0.25, 0.3) is 16.8 Å². The van der Waals surface area contributed by atoms with Gasteiger partial charge in [0.05, 0.1) is 18.3 Å². The number of aromatic nitrogens is 4. The van der Waals surface area contributed by atoms with Crippen LogP contribution in [0.15, 0.2) is 36.4 Å². The molecule has 0 aliphatic heterocycles. The van der Waals surface area contributed by atoms with E-state index in [2.05, 4.69) is 20.8 Å². The number of benzene rings is 2. The number of hydrogen-bond donors (Lipinski definition) is 1. The van der Waals surface area contributed by atoms with Gasteiger partial charge in [0.25, 0.3) is 0 Å². The maximum Gasteiger partial charge on any atom is 0.412 e. The number of carbonyl (C=O) groups excluding carboxylic acids is 1. The lowest BCUT2D eigenvalue weighted by molar-refractivity contribution is 0.159. The van der Waals surface area contributed by atoms with Crippen LogP contribution in [0.1, 0.15) is 31.5 Å². The van der Waals surface area contributed by atoms with E-state index < -0.39 is 17.7 Å². The first-order valence-corrected chi connectivity index (χ1v) is 9.81. The number of ether oxygens (including phenoxy) is 2. The van der Waals surface area contributed by atoms with E-state index in [9.17, 15) is 13.6 Å². The molecular formula is C21H21F2N5O3. The molecule has 1 N–H and O–H groups in total. The van der Waals surface area contributed by atoms with E-state index in [0.29, 0.717) is 23.7 Å². The molecule has 1 heterocycles. The van der Waals surface area contributed by atoms with Crippen molar-refractivity contribution in [2.24, 2.45) is 0 Å². The molecule has 1 saturated carbocycles. The summed E-state index contributed by atoms with van der Waals surface area (Å²) in [7, 11) is 1.53. The molecule has 1 atom stereocenters. The lowest BCUT2D eigenvalue weighted by atomic mass is 10.0. The number of nitrogens with one attached hydrogen (secondary N) is 1. The van der Waals surface area contributed by atoms with Crippen LogP contribution < -0.4 is 10.1 Å². The highest BCUT2D eigenvalue weighted by molar-refractivity contribution is 5.74. The first-order valence-electron chi connectivity index (χ1n) is 9.81. The first-order chi connectivity index (χ1) is 14.9. The summed E-state index contributed by atoms with van der Waals surface area (Å²) in [6.07, 6.45) is 1.28. The summed E-state index contributed by atoms with van der Waals surface area (Å²) < 4.78 is 39.8. The standard InChI is InChI=1S/C21H21F2N5O3/c1-12(11-30-2)24-21(29)31-17-8-14(18-6-5-15(22)9-19(18)23)7-16(10-17)28-20(13-3-4-13)25-26-27-28/h5-10,12-13H,3-4,11H2,1-2H3,(H,24,29). The largest absolute Gasteiger partial charge is 0.412 e. The maximum absolute atomic E-state index is 14.5. The number of halogens is 2. The number of tetrazole rings is 1. The van der Waals surface area contributed by atoms with E-state index in [0.717, 1.165) is 25.0 Å². The van der Waals surface area contributed by atoms with Gasteiger partial charge in [-0.05, 0) is 60.0 Å². The van der Waals surface area contributed by atoms with E-state index in [-0.39, 0.29) is 23.3 Å². The number of rotatable bonds is 7. The maximum atomic E-state index is 14.5. The molecule has 0 spiro atoms. The lowest BCUT2D eigenvalue weighted by Gasteiger charge is -2.15. The van der Waals surface area contributed by atoms with E-state index in [1.165, 1.54) is 19.2 Å². The summed E-state index contributed by atoms with van der Waals surface area (Å²) >= 11 is 0. The summed E-state index contributed by atoms with van der Waals surface area (Å²) in [6, 6.07) is 7.78. The Hall–Kier alpha value is -3.40. The Labute approximate surface area is 177 Å². The Kier molecular flexibility index (Phi) is 5.90. The Bertz CT molecular complexity index is 1100. The Morgan fingerprint density at radius 2 is 2.06 bits per heavy atom.